The molecular formula is C14H12F3N3O3. The number of methoxy groups -OCH3 is 1. The van der Waals surface area contributed by atoms with Gasteiger partial charge in [0.1, 0.15) is 5.75 Å². The largest absolute Gasteiger partial charge is 0.495 e. The molecule has 1 amide bonds. The fourth-order valence-corrected chi connectivity index (χ4v) is 1.97. The molecule has 0 radical (unpaired) electrons. The van der Waals surface area contributed by atoms with Crippen molar-refractivity contribution in [2.75, 3.05) is 12.4 Å². The molecule has 0 spiro atoms. The van der Waals surface area contributed by atoms with Gasteiger partial charge in [0, 0.05) is 11.5 Å². The third kappa shape index (κ3) is 3.27. The van der Waals surface area contributed by atoms with E-state index in [1.807, 2.05) is 0 Å². The van der Waals surface area contributed by atoms with E-state index in [0.29, 0.717) is 11.4 Å². The number of ether oxygens (including phenoxy) is 1. The van der Waals surface area contributed by atoms with Gasteiger partial charge in [-0.25, -0.2) is 0 Å². The Kier molecular flexibility index (Phi) is 3.70. The van der Waals surface area contributed by atoms with Gasteiger partial charge in [0.05, 0.1) is 12.8 Å². The highest BCUT2D eigenvalue weighted by Crippen LogP contribution is 2.35. The monoisotopic (exact) mass is 327 g/mol. The second-order valence-corrected chi connectivity index (χ2v) is 5.10. The van der Waals surface area contributed by atoms with Crippen LogP contribution in [0.1, 0.15) is 18.7 Å². The van der Waals surface area contributed by atoms with E-state index in [4.69, 9.17) is 4.74 Å². The number of halogens is 3. The minimum absolute atomic E-state index is 0.0194. The minimum atomic E-state index is -4.70. The van der Waals surface area contributed by atoms with Crippen molar-refractivity contribution in [3.05, 3.63) is 24.1 Å². The number of benzene rings is 1. The molecule has 6 nitrogen and oxygen atoms in total. The summed E-state index contributed by atoms with van der Waals surface area (Å²) in [5.74, 6) is -1.41. The van der Waals surface area contributed by atoms with Gasteiger partial charge in [-0.15, -0.1) is 0 Å². The molecule has 23 heavy (non-hydrogen) atoms. The summed E-state index contributed by atoms with van der Waals surface area (Å²) in [6.45, 7) is 0. The summed E-state index contributed by atoms with van der Waals surface area (Å²) < 4.78 is 46.8. The van der Waals surface area contributed by atoms with Crippen LogP contribution >= 0.6 is 0 Å². The van der Waals surface area contributed by atoms with Gasteiger partial charge in [0.2, 0.25) is 11.7 Å². The summed E-state index contributed by atoms with van der Waals surface area (Å²) in [6.07, 6.45) is -2.99. The summed E-state index contributed by atoms with van der Waals surface area (Å²) in [7, 11) is 1.39. The quantitative estimate of drug-likeness (QED) is 0.933. The van der Waals surface area contributed by atoms with Gasteiger partial charge in [-0.2, -0.15) is 18.2 Å². The molecule has 0 atom stereocenters. The maximum atomic E-state index is 12.5. The van der Waals surface area contributed by atoms with Crippen LogP contribution in [-0.2, 0) is 11.0 Å². The minimum Gasteiger partial charge on any atom is -0.495 e. The van der Waals surface area contributed by atoms with Crippen molar-refractivity contribution < 1.29 is 27.2 Å². The SMILES string of the molecule is COc1cc(-c2noc(C(F)(F)F)n2)ccc1NC(=O)C1CC1. The molecule has 0 aliphatic heterocycles. The van der Waals surface area contributed by atoms with Gasteiger partial charge in [0.25, 0.3) is 0 Å². The number of carbonyl (C=O) groups excluding carboxylic acids is 1. The Labute approximate surface area is 128 Å². The van der Waals surface area contributed by atoms with E-state index in [1.165, 1.54) is 25.3 Å². The van der Waals surface area contributed by atoms with Crippen molar-refractivity contribution in [3.63, 3.8) is 0 Å². The zero-order valence-corrected chi connectivity index (χ0v) is 12.0. The molecule has 1 fully saturated rings. The number of rotatable bonds is 4. The number of anilines is 1. The first-order valence-electron chi connectivity index (χ1n) is 6.78. The maximum Gasteiger partial charge on any atom is 0.471 e. The lowest BCUT2D eigenvalue weighted by atomic mass is 10.1. The van der Waals surface area contributed by atoms with Gasteiger partial charge in [-0.3, -0.25) is 4.79 Å². The molecular weight excluding hydrogens is 315 g/mol. The summed E-state index contributed by atoms with van der Waals surface area (Å²) >= 11 is 0. The molecule has 2 aromatic rings. The zero-order chi connectivity index (χ0) is 16.6. The zero-order valence-electron chi connectivity index (χ0n) is 12.0. The number of nitrogens with one attached hydrogen (secondary N) is 1. The normalized spacial score (nSPS) is 14.6. The van der Waals surface area contributed by atoms with Gasteiger partial charge >= 0.3 is 12.1 Å². The van der Waals surface area contributed by atoms with Crippen LogP contribution in [0.3, 0.4) is 0 Å². The molecule has 0 saturated heterocycles. The smallest absolute Gasteiger partial charge is 0.471 e. The van der Waals surface area contributed by atoms with Crippen LogP contribution in [-0.4, -0.2) is 23.2 Å². The van der Waals surface area contributed by atoms with Crippen molar-refractivity contribution in [2.45, 2.75) is 19.0 Å². The third-order valence-electron chi connectivity index (χ3n) is 3.33. The molecule has 1 aromatic carbocycles. The van der Waals surface area contributed by atoms with E-state index in [9.17, 15) is 18.0 Å². The fraction of sp³-hybridized carbons (Fsp3) is 0.357. The lowest BCUT2D eigenvalue weighted by molar-refractivity contribution is -0.159. The lowest BCUT2D eigenvalue weighted by Gasteiger charge is -2.10. The fourth-order valence-electron chi connectivity index (χ4n) is 1.97. The van der Waals surface area contributed by atoms with Crippen molar-refractivity contribution in [1.82, 2.24) is 10.1 Å². The Balaban J connectivity index is 1.86. The van der Waals surface area contributed by atoms with Gasteiger partial charge < -0.3 is 14.6 Å². The molecule has 9 heteroatoms. The van der Waals surface area contributed by atoms with Crippen LogP contribution in [0.4, 0.5) is 18.9 Å². The third-order valence-corrected chi connectivity index (χ3v) is 3.33. The average Bonchev–Trinajstić information content (AvgIpc) is 3.23. The number of hydrogen-bond donors (Lipinski definition) is 1. The Morgan fingerprint density at radius 1 is 1.39 bits per heavy atom. The Morgan fingerprint density at radius 3 is 2.70 bits per heavy atom. The van der Waals surface area contributed by atoms with Gasteiger partial charge in [0.15, 0.2) is 0 Å². The topological polar surface area (TPSA) is 77.2 Å². The highest BCUT2D eigenvalue weighted by atomic mass is 19.4. The predicted octanol–water partition coefficient (Wildman–Crippen LogP) is 3.11. The summed E-state index contributed by atoms with van der Waals surface area (Å²) in [5.41, 5.74) is 0.721. The first-order chi connectivity index (χ1) is 10.9. The van der Waals surface area contributed by atoms with Crippen molar-refractivity contribution in [2.24, 2.45) is 5.92 Å². The van der Waals surface area contributed by atoms with Crippen molar-refractivity contribution in [1.29, 1.82) is 0 Å². The predicted molar refractivity (Wildman–Crippen MR) is 72.6 cm³/mol. The van der Waals surface area contributed by atoms with E-state index >= 15 is 0 Å². The number of amides is 1. The molecule has 1 aromatic heterocycles. The van der Waals surface area contributed by atoms with Crippen molar-refractivity contribution in [3.8, 4) is 17.1 Å². The maximum absolute atomic E-state index is 12.5. The summed E-state index contributed by atoms with van der Waals surface area (Å²) in [4.78, 5) is 15.1. The standard InChI is InChI=1S/C14H12F3N3O3/c1-22-10-6-8(11-19-13(23-20-11)14(15,16)17)4-5-9(10)18-12(21)7-2-3-7/h4-7H,2-3H2,1H3,(H,18,21). The van der Waals surface area contributed by atoms with Crippen LogP contribution in [0.2, 0.25) is 0 Å². The molecule has 0 bridgehead atoms. The lowest BCUT2D eigenvalue weighted by Crippen LogP contribution is -2.14. The van der Waals surface area contributed by atoms with E-state index in [2.05, 4.69) is 20.0 Å². The molecule has 1 saturated carbocycles. The average molecular weight is 327 g/mol. The van der Waals surface area contributed by atoms with Crippen LogP contribution < -0.4 is 10.1 Å². The molecule has 3 rings (SSSR count). The molecule has 1 heterocycles. The number of hydrogen-bond acceptors (Lipinski definition) is 5. The van der Waals surface area contributed by atoms with Crippen LogP contribution in [0.15, 0.2) is 22.7 Å². The second kappa shape index (κ2) is 5.56. The van der Waals surface area contributed by atoms with Crippen LogP contribution in [0.25, 0.3) is 11.4 Å². The van der Waals surface area contributed by atoms with E-state index in [-0.39, 0.29) is 23.2 Å². The molecule has 1 N–H and O–H groups in total. The first-order valence-corrected chi connectivity index (χ1v) is 6.78. The highest BCUT2D eigenvalue weighted by molar-refractivity contribution is 5.95. The van der Waals surface area contributed by atoms with Crippen LogP contribution in [0.5, 0.6) is 5.75 Å². The molecule has 122 valence electrons. The summed E-state index contributed by atoms with van der Waals surface area (Å²) in [5, 5.41) is 6.03. The Morgan fingerprint density at radius 2 is 2.13 bits per heavy atom. The first kappa shape index (κ1) is 15.3. The second-order valence-electron chi connectivity index (χ2n) is 5.10. The number of aromatic nitrogens is 2. The van der Waals surface area contributed by atoms with Crippen molar-refractivity contribution >= 4 is 11.6 Å². The Bertz CT molecular complexity index is 738. The number of nitrogens with zero attached hydrogens (tertiary/aromatic N) is 2. The van der Waals surface area contributed by atoms with Crippen LogP contribution in [0, 0.1) is 5.92 Å². The molecule has 1 aliphatic rings. The van der Waals surface area contributed by atoms with Gasteiger partial charge in [-0.05, 0) is 31.0 Å². The number of carbonyl (C=O) groups is 1. The molecule has 0 unspecified atom stereocenters. The Hall–Kier alpha value is -2.58. The number of alkyl halides is 3. The van der Waals surface area contributed by atoms with Gasteiger partial charge in [-0.1, -0.05) is 5.16 Å². The van der Waals surface area contributed by atoms with E-state index in [1.54, 1.807) is 0 Å². The molecule has 1 aliphatic carbocycles. The van der Waals surface area contributed by atoms with E-state index < -0.39 is 12.1 Å². The highest BCUT2D eigenvalue weighted by Gasteiger charge is 2.38. The van der Waals surface area contributed by atoms with E-state index in [0.717, 1.165) is 12.8 Å². The summed E-state index contributed by atoms with van der Waals surface area (Å²) in [6, 6.07) is 4.45.